The molecule has 3 N–H and O–H groups in total. The van der Waals surface area contributed by atoms with E-state index in [2.05, 4.69) is 22.2 Å². The molecule has 2 unspecified atom stereocenters. The Kier molecular flexibility index (Phi) is 3.72. The zero-order valence-electron chi connectivity index (χ0n) is 12.0. The van der Waals surface area contributed by atoms with Crippen LogP contribution in [-0.2, 0) is 0 Å². The summed E-state index contributed by atoms with van der Waals surface area (Å²) in [5, 5.41) is 3.51. The fourth-order valence-corrected chi connectivity index (χ4v) is 3.11. The summed E-state index contributed by atoms with van der Waals surface area (Å²) in [6.07, 6.45) is 6.32. The predicted octanol–water partition coefficient (Wildman–Crippen LogP) is 3.59. The molecule has 1 fully saturated rings. The zero-order chi connectivity index (χ0) is 13.9. The Morgan fingerprint density at radius 3 is 2.70 bits per heavy atom. The quantitative estimate of drug-likeness (QED) is 0.894. The molecule has 0 saturated heterocycles. The first-order valence-corrected chi connectivity index (χ1v) is 7.55. The molecule has 1 aromatic heterocycles. The molecular formula is C16H22N4. The number of fused-ring (bicyclic) bond motifs is 1. The van der Waals surface area contributed by atoms with Crippen molar-refractivity contribution in [1.82, 2.24) is 9.97 Å². The summed E-state index contributed by atoms with van der Waals surface area (Å²) in [6.45, 7) is 2.28. The maximum absolute atomic E-state index is 6.03. The zero-order valence-corrected chi connectivity index (χ0v) is 12.0. The fraction of sp³-hybridized carbons (Fsp3) is 0.500. The van der Waals surface area contributed by atoms with Gasteiger partial charge in [-0.25, -0.2) is 9.97 Å². The second-order valence-electron chi connectivity index (χ2n) is 5.73. The summed E-state index contributed by atoms with van der Waals surface area (Å²) in [4.78, 5) is 9.05. The van der Waals surface area contributed by atoms with E-state index >= 15 is 0 Å². The standard InChI is InChI=1S/C16H22N4/c1-2-11-6-5-7-12(10-11)18-16-15(17)19-13-8-3-4-9-14(13)20-16/h3-4,8-9,11-12H,2,5-7,10H2,1H3,(H2,17,19)(H,18,20). The number of nitrogens with two attached hydrogens (primary N) is 1. The molecule has 1 heterocycles. The van der Waals surface area contributed by atoms with Crippen LogP contribution in [0.15, 0.2) is 24.3 Å². The molecule has 1 aliphatic rings. The summed E-state index contributed by atoms with van der Waals surface area (Å²) in [7, 11) is 0. The average Bonchev–Trinajstić information content (AvgIpc) is 2.48. The Morgan fingerprint density at radius 1 is 1.20 bits per heavy atom. The predicted molar refractivity (Wildman–Crippen MR) is 83.6 cm³/mol. The highest BCUT2D eigenvalue weighted by atomic mass is 15.1. The summed E-state index contributed by atoms with van der Waals surface area (Å²) in [6, 6.07) is 8.33. The summed E-state index contributed by atoms with van der Waals surface area (Å²) < 4.78 is 0. The van der Waals surface area contributed by atoms with E-state index in [4.69, 9.17) is 5.73 Å². The lowest BCUT2D eigenvalue weighted by Gasteiger charge is -2.29. The molecule has 0 spiro atoms. The number of rotatable bonds is 3. The average molecular weight is 270 g/mol. The highest BCUT2D eigenvalue weighted by molar-refractivity contribution is 5.79. The van der Waals surface area contributed by atoms with Crippen LogP contribution in [0.4, 0.5) is 11.6 Å². The van der Waals surface area contributed by atoms with Crippen LogP contribution in [0.25, 0.3) is 11.0 Å². The van der Waals surface area contributed by atoms with E-state index in [0.717, 1.165) is 22.8 Å². The van der Waals surface area contributed by atoms with Crippen LogP contribution in [0.5, 0.6) is 0 Å². The first kappa shape index (κ1) is 13.2. The molecule has 1 saturated carbocycles. The van der Waals surface area contributed by atoms with E-state index in [-0.39, 0.29) is 0 Å². The lowest BCUT2D eigenvalue weighted by Crippen LogP contribution is -2.28. The molecule has 1 aromatic carbocycles. The van der Waals surface area contributed by atoms with E-state index < -0.39 is 0 Å². The molecule has 4 heteroatoms. The lowest BCUT2D eigenvalue weighted by atomic mass is 9.84. The van der Waals surface area contributed by atoms with Gasteiger partial charge in [0.15, 0.2) is 11.6 Å². The Morgan fingerprint density at radius 2 is 1.95 bits per heavy atom. The van der Waals surface area contributed by atoms with Gasteiger partial charge in [-0.1, -0.05) is 38.3 Å². The van der Waals surface area contributed by atoms with Gasteiger partial charge in [0.2, 0.25) is 0 Å². The van der Waals surface area contributed by atoms with Gasteiger partial charge in [-0.05, 0) is 30.9 Å². The number of hydrogen-bond acceptors (Lipinski definition) is 4. The minimum Gasteiger partial charge on any atom is -0.381 e. The van der Waals surface area contributed by atoms with Crippen LogP contribution < -0.4 is 11.1 Å². The molecule has 20 heavy (non-hydrogen) atoms. The van der Waals surface area contributed by atoms with Crippen LogP contribution in [0.3, 0.4) is 0 Å². The third kappa shape index (κ3) is 2.69. The molecule has 106 valence electrons. The Bertz CT molecular complexity index is 596. The Hall–Kier alpha value is -1.84. The van der Waals surface area contributed by atoms with Crippen molar-refractivity contribution in [3.63, 3.8) is 0 Å². The normalized spacial score (nSPS) is 22.9. The van der Waals surface area contributed by atoms with Gasteiger partial charge in [-0.15, -0.1) is 0 Å². The largest absolute Gasteiger partial charge is 0.381 e. The molecule has 3 rings (SSSR count). The van der Waals surface area contributed by atoms with Crippen LogP contribution in [0.1, 0.15) is 39.0 Å². The lowest BCUT2D eigenvalue weighted by molar-refractivity contribution is 0.327. The van der Waals surface area contributed by atoms with E-state index in [1.165, 1.54) is 32.1 Å². The summed E-state index contributed by atoms with van der Waals surface area (Å²) in [5.74, 6) is 2.07. The van der Waals surface area contributed by atoms with Gasteiger partial charge in [0.05, 0.1) is 11.0 Å². The van der Waals surface area contributed by atoms with Crippen molar-refractivity contribution >= 4 is 22.7 Å². The SMILES string of the molecule is CCC1CCCC(Nc2nc3ccccc3nc2N)C1. The van der Waals surface area contributed by atoms with Crippen molar-refractivity contribution in [3.8, 4) is 0 Å². The van der Waals surface area contributed by atoms with Crippen LogP contribution in [0.2, 0.25) is 0 Å². The molecular weight excluding hydrogens is 248 g/mol. The van der Waals surface area contributed by atoms with Gasteiger partial charge < -0.3 is 11.1 Å². The number of anilines is 2. The van der Waals surface area contributed by atoms with Crippen molar-refractivity contribution in [2.24, 2.45) is 5.92 Å². The topological polar surface area (TPSA) is 63.8 Å². The highest BCUT2D eigenvalue weighted by Gasteiger charge is 2.21. The van der Waals surface area contributed by atoms with Gasteiger partial charge in [-0.2, -0.15) is 0 Å². The minimum absolute atomic E-state index is 0.478. The van der Waals surface area contributed by atoms with Crippen LogP contribution >= 0.6 is 0 Å². The first-order valence-electron chi connectivity index (χ1n) is 7.55. The molecule has 2 aromatic rings. The first-order chi connectivity index (χ1) is 9.76. The minimum atomic E-state index is 0.478. The van der Waals surface area contributed by atoms with Gasteiger partial charge in [0, 0.05) is 6.04 Å². The molecule has 2 atom stereocenters. The number of nitrogen functional groups attached to an aromatic ring is 1. The van der Waals surface area contributed by atoms with E-state index in [9.17, 15) is 0 Å². The maximum Gasteiger partial charge on any atom is 0.169 e. The van der Waals surface area contributed by atoms with E-state index in [1.54, 1.807) is 0 Å². The number of nitrogens with zero attached hydrogens (tertiary/aromatic N) is 2. The van der Waals surface area contributed by atoms with Crippen molar-refractivity contribution in [3.05, 3.63) is 24.3 Å². The molecule has 0 amide bonds. The molecule has 0 aliphatic heterocycles. The van der Waals surface area contributed by atoms with E-state index in [0.29, 0.717) is 11.9 Å². The molecule has 1 aliphatic carbocycles. The number of para-hydroxylation sites is 2. The van der Waals surface area contributed by atoms with Crippen molar-refractivity contribution in [2.75, 3.05) is 11.1 Å². The molecule has 4 nitrogen and oxygen atoms in total. The van der Waals surface area contributed by atoms with Crippen LogP contribution in [0, 0.1) is 5.92 Å². The van der Waals surface area contributed by atoms with Crippen molar-refractivity contribution < 1.29 is 0 Å². The molecule has 0 radical (unpaired) electrons. The fourth-order valence-electron chi connectivity index (χ4n) is 3.11. The number of hydrogen-bond donors (Lipinski definition) is 2. The molecule has 0 bridgehead atoms. The summed E-state index contributed by atoms with van der Waals surface area (Å²) in [5.41, 5.74) is 7.78. The third-order valence-electron chi connectivity index (χ3n) is 4.30. The number of benzene rings is 1. The van der Waals surface area contributed by atoms with Gasteiger partial charge in [-0.3, -0.25) is 0 Å². The van der Waals surface area contributed by atoms with Crippen molar-refractivity contribution in [1.29, 1.82) is 0 Å². The van der Waals surface area contributed by atoms with Gasteiger partial charge in [0.25, 0.3) is 0 Å². The Balaban J connectivity index is 1.81. The second-order valence-corrected chi connectivity index (χ2v) is 5.73. The van der Waals surface area contributed by atoms with Gasteiger partial charge in [0.1, 0.15) is 0 Å². The number of nitrogens with one attached hydrogen (secondary N) is 1. The maximum atomic E-state index is 6.03. The van der Waals surface area contributed by atoms with Crippen molar-refractivity contribution in [2.45, 2.75) is 45.1 Å². The third-order valence-corrected chi connectivity index (χ3v) is 4.30. The van der Waals surface area contributed by atoms with E-state index in [1.807, 2.05) is 24.3 Å². The summed E-state index contributed by atoms with van der Waals surface area (Å²) >= 11 is 0. The second kappa shape index (κ2) is 5.65. The highest BCUT2D eigenvalue weighted by Crippen LogP contribution is 2.29. The smallest absolute Gasteiger partial charge is 0.169 e. The van der Waals surface area contributed by atoms with Crippen LogP contribution in [-0.4, -0.2) is 16.0 Å². The van der Waals surface area contributed by atoms with Gasteiger partial charge >= 0.3 is 0 Å². The number of aromatic nitrogens is 2. The monoisotopic (exact) mass is 270 g/mol. The Labute approximate surface area is 119 Å².